The second kappa shape index (κ2) is 5.71. The van der Waals surface area contributed by atoms with Gasteiger partial charge in [0.1, 0.15) is 5.82 Å². The van der Waals surface area contributed by atoms with Crippen LogP contribution >= 0.6 is 0 Å². The van der Waals surface area contributed by atoms with Gasteiger partial charge in [-0.15, -0.1) is 0 Å². The number of aryl methyl sites for hydroxylation is 1. The van der Waals surface area contributed by atoms with Gasteiger partial charge in [-0.05, 0) is 42.7 Å². The van der Waals surface area contributed by atoms with Crippen molar-refractivity contribution < 1.29 is 4.39 Å². The van der Waals surface area contributed by atoms with Crippen molar-refractivity contribution in [2.45, 2.75) is 19.4 Å². The SMILES string of the molecule is Cc1ccnc(C(Cc2ccccc2F)NN)c1. The summed E-state index contributed by atoms with van der Waals surface area (Å²) >= 11 is 0. The van der Waals surface area contributed by atoms with Crippen molar-refractivity contribution in [2.24, 2.45) is 5.84 Å². The van der Waals surface area contributed by atoms with Gasteiger partial charge in [0.25, 0.3) is 0 Å². The molecule has 0 saturated heterocycles. The van der Waals surface area contributed by atoms with E-state index >= 15 is 0 Å². The third kappa shape index (κ3) is 2.91. The topological polar surface area (TPSA) is 50.9 Å². The molecule has 0 aliphatic rings. The molecular formula is C14H16FN3. The smallest absolute Gasteiger partial charge is 0.126 e. The monoisotopic (exact) mass is 245 g/mol. The van der Waals surface area contributed by atoms with Crippen molar-refractivity contribution in [1.29, 1.82) is 0 Å². The number of hydrazine groups is 1. The molecule has 0 aliphatic heterocycles. The largest absolute Gasteiger partial charge is 0.271 e. The fourth-order valence-corrected chi connectivity index (χ4v) is 1.88. The van der Waals surface area contributed by atoms with Crippen molar-refractivity contribution >= 4 is 0 Å². The predicted molar refractivity (Wildman–Crippen MR) is 69.1 cm³/mol. The zero-order valence-corrected chi connectivity index (χ0v) is 10.2. The minimum Gasteiger partial charge on any atom is -0.271 e. The van der Waals surface area contributed by atoms with Crippen molar-refractivity contribution in [3.63, 3.8) is 0 Å². The number of nitrogens with one attached hydrogen (secondary N) is 1. The number of rotatable bonds is 4. The summed E-state index contributed by atoms with van der Waals surface area (Å²) in [7, 11) is 0. The molecular weight excluding hydrogens is 229 g/mol. The molecule has 94 valence electrons. The summed E-state index contributed by atoms with van der Waals surface area (Å²) in [4.78, 5) is 4.27. The van der Waals surface area contributed by atoms with Crippen LogP contribution in [0, 0.1) is 12.7 Å². The summed E-state index contributed by atoms with van der Waals surface area (Å²) in [6.45, 7) is 1.99. The molecule has 0 aliphatic carbocycles. The summed E-state index contributed by atoms with van der Waals surface area (Å²) in [6.07, 6.45) is 2.20. The number of pyridine rings is 1. The number of nitrogens with zero attached hydrogens (tertiary/aromatic N) is 1. The molecule has 18 heavy (non-hydrogen) atoms. The molecule has 1 aromatic heterocycles. The molecule has 0 fully saturated rings. The summed E-state index contributed by atoms with van der Waals surface area (Å²) in [5.41, 5.74) is 5.25. The second-order valence-electron chi connectivity index (χ2n) is 4.27. The van der Waals surface area contributed by atoms with E-state index in [4.69, 9.17) is 5.84 Å². The molecule has 1 atom stereocenters. The average molecular weight is 245 g/mol. The lowest BCUT2D eigenvalue weighted by Crippen LogP contribution is -2.30. The lowest BCUT2D eigenvalue weighted by atomic mass is 10.0. The van der Waals surface area contributed by atoms with E-state index in [1.807, 2.05) is 25.1 Å². The van der Waals surface area contributed by atoms with Crippen LogP contribution in [-0.2, 0) is 6.42 Å². The van der Waals surface area contributed by atoms with E-state index in [0.717, 1.165) is 11.3 Å². The van der Waals surface area contributed by atoms with Crippen LogP contribution in [0.15, 0.2) is 42.6 Å². The van der Waals surface area contributed by atoms with Gasteiger partial charge in [-0.2, -0.15) is 0 Å². The summed E-state index contributed by atoms with van der Waals surface area (Å²) in [6, 6.07) is 10.4. The summed E-state index contributed by atoms with van der Waals surface area (Å²) < 4.78 is 13.6. The van der Waals surface area contributed by atoms with E-state index in [1.165, 1.54) is 6.07 Å². The minimum atomic E-state index is -0.217. The molecule has 0 bridgehead atoms. The first kappa shape index (κ1) is 12.7. The van der Waals surface area contributed by atoms with Gasteiger partial charge in [-0.3, -0.25) is 16.3 Å². The molecule has 4 heteroatoms. The van der Waals surface area contributed by atoms with E-state index in [2.05, 4.69) is 10.4 Å². The Morgan fingerprint density at radius 3 is 2.78 bits per heavy atom. The highest BCUT2D eigenvalue weighted by Crippen LogP contribution is 2.18. The highest BCUT2D eigenvalue weighted by molar-refractivity contribution is 5.23. The van der Waals surface area contributed by atoms with Gasteiger partial charge in [0.15, 0.2) is 0 Å². The molecule has 3 nitrogen and oxygen atoms in total. The molecule has 0 saturated carbocycles. The fourth-order valence-electron chi connectivity index (χ4n) is 1.88. The van der Waals surface area contributed by atoms with Crippen LogP contribution in [0.5, 0.6) is 0 Å². The molecule has 0 spiro atoms. The van der Waals surface area contributed by atoms with Crippen molar-refractivity contribution in [3.05, 3.63) is 65.2 Å². The Bertz CT molecular complexity index is 528. The zero-order chi connectivity index (χ0) is 13.0. The number of aromatic nitrogens is 1. The first-order valence-electron chi connectivity index (χ1n) is 5.83. The number of hydrogen-bond acceptors (Lipinski definition) is 3. The third-order valence-corrected chi connectivity index (χ3v) is 2.88. The first-order chi connectivity index (χ1) is 8.70. The van der Waals surface area contributed by atoms with Gasteiger partial charge in [-0.25, -0.2) is 4.39 Å². The van der Waals surface area contributed by atoms with Crippen LogP contribution in [0.3, 0.4) is 0 Å². The molecule has 3 N–H and O–H groups in total. The molecule has 0 amide bonds. The quantitative estimate of drug-likeness (QED) is 0.642. The average Bonchev–Trinajstić information content (AvgIpc) is 2.38. The van der Waals surface area contributed by atoms with E-state index in [-0.39, 0.29) is 11.9 Å². The second-order valence-corrected chi connectivity index (χ2v) is 4.27. The van der Waals surface area contributed by atoms with Crippen LogP contribution < -0.4 is 11.3 Å². The lowest BCUT2D eigenvalue weighted by Gasteiger charge is -2.16. The highest BCUT2D eigenvalue weighted by Gasteiger charge is 2.14. The standard InChI is InChI=1S/C14H16FN3/c1-10-6-7-17-13(8-10)14(18-16)9-11-4-2-3-5-12(11)15/h2-8,14,18H,9,16H2,1H3. The minimum absolute atomic E-state index is 0.193. The molecule has 1 aromatic carbocycles. The number of nitrogens with two attached hydrogens (primary N) is 1. The van der Waals surface area contributed by atoms with Gasteiger partial charge < -0.3 is 0 Å². The Hall–Kier alpha value is -1.78. The maximum Gasteiger partial charge on any atom is 0.126 e. The van der Waals surface area contributed by atoms with Crippen LogP contribution in [0.25, 0.3) is 0 Å². The molecule has 1 unspecified atom stereocenters. The highest BCUT2D eigenvalue weighted by atomic mass is 19.1. The van der Waals surface area contributed by atoms with Crippen molar-refractivity contribution in [1.82, 2.24) is 10.4 Å². The molecule has 2 rings (SSSR count). The van der Waals surface area contributed by atoms with Crippen LogP contribution in [0.4, 0.5) is 4.39 Å². The predicted octanol–water partition coefficient (Wildman–Crippen LogP) is 2.28. The van der Waals surface area contributed by atoms with Crippen molar-refractivity contribution in [2.75, 3.05) is 0 Å². The van der Waals surface area contributed by atoms with Gasteiger partial charge in [0.05, 0.1) is 11.7 Å². The van der Waals surface area contributed by atoms with Crippen LogP contribution in [0.1, 0.15) is 22.9 Å². The normalized spacial score (nSPS) is 12.4. The van der Waals surface area contributed by atoms with E-state index in [9.17, 15) is 4.39 Å². The van der Waals surface area contributed by atoms with Crippen LogP contribution in [-0.4, -0.2) is 4.98 Å². The number of benzene rings is 1. The Labute approximate surface area is 106 Å². The summed E-state index contributed by atoms with van der Waals surface area (Å²) in [5, 5.41) is 0. The van der Waals surface area contributed by atoms with Gasteiger partial charge in [0.2, 0.25) is 0 Å². The third-order valence-electron chi connectivity index (χ3n) is 2.88. The van der Waals surface area contributed by atoms with Gasteiger partial charge in [-0.1, -0.05) is 18.2 Å². The number of halogens is 1. The lowest BCUT2D eigenvalue weighted by molar-refractivity contribution is 0.518. The summed E-state index contributed by atoms with van der Waals surface area (Å²) in [5.74, 6) is 5.32. The van der Waals surface area contributed by atoms with Gasteiger partial charge >= 0.3 is 0 Å². The first-order valence-corrected chi connectivity index (χ1v) is 5.83. The maximum absolute atomic E-state index is 13.6. The Kier molecular flexibility index (Phi) is 4.02. The van der Waals surface area contributed by atoms with E-state index < -0.39 is 0 Å². The molecule has 0 radical (unpaired) electrons. The number of hydrogen-bond donors (Lipinski definition) is 2. The van der Waals surface area contributed by atoms with E-state index in [1.54, 1.807) is 18.3 Å². The Balaban J connectivity index is 2.23. The van der Waals surface area contributed by atoms with Crippen LogP contribution in [0.2, 0.25) is 0 Å². The maximum atomic E-state index is 13.6. The molecule has 1 heterocycles. The van der Waals surface area contributed by atoms with Gasteiger partial charge in [0, 0.05) is 6.20 Å². The zero-order valence-electron chi connectivity index (χ0n) is 10.2. The van der Waals surface area contributed by atoms with E-state index in [0.29, 0.717) is 12.0 Å². The molecule has 2 aromatic rings. The Morgan fingerprint density at radius 1 is 1.33 bits per heavy atom. The van der Waals surface area contributed by atoms with Crippen molar-refractivity contribution in [3.8, 4) is 0 Å². The Morgan fingerprint density at radius 2 is 2.11 bits per heavy atom. The fraction of sp³-hybridized carbons (Fsp3) is 0.214.